The first-order valence-corrected chi connectivity index (χ1v) is 6.82. The molecule has 1 aromatic heterocycles. The second-order valence-corrected chi connectivity index (χ2v) is 5.85. The molecule has 18 heavy (non-hydrogen) atoms. The Labute approximate surface area is 112 Å². The van der Waals surface area contributed by atoms with Crippen molar-refractivity contribution in [2.45, 2.75) is 44.0 Å². The zero-order chi connectivity index (χ0) is 14.0. The molecule has 0 aliphatic rings. The summed E-state index contributed by atoms with van der Waals surface area (Å²) in [6.45, 7) is 7.31. The average molecular weight is 271 g/mol. The van der Waals surface area contributed by atoms with Crippen molar-refractivity contribution in [3.8, 4) is 0 Å². The van der Waals surface area contributed by atoms with Crippen LogP contribution in [0.3, 0.4) is 0 Å². The van der Waals surface area contributed by atoms with E-state index in [0.29, 0.717) is 16.8 Å². The van der Waals surface area contributed by atoms with Crippen LogP contribution >= 0.6 is 11.8 Å². The average Bonchev–Trinajstić information content (AvgIpc) is 2.26. The van der Waals surface area contributed by atoms with E-state index in [-0.39, 0.29) is 0 Å². The van der Waals surface area contributed by atoms with Gasteiger partial charge in [0.2, 0.25) is 0 Å². The van der Waals surface area contributed by atoms with Gasteiger partial charge in [0.25, 0.3) is 0 Å². The lowest BCUT2D eigenvalue weighted by Gasteiger charge is -2.38. The maximum absolute atomic E-state index is 10.1. The Bertz CT molecular complexity index is 394. The van der Waals surface area contributed by atoms with E-state index in [9.17, 15) is 5.11 Å². The SMILES string of the molecule is CSc1nc(NN)cc(NC(C)(C)C(C)(C)O)n1. The highest BCUT2D eigenvalue weighted by molar-refractivity contribution is 7.98. The molecule has 1 rings (SSSR count). The van der Waals surface area contributed by atoms with Crippen molar-refractivity contribution in [3.63, 3.8) is 0 Å². The van der Waals surface area contributed by atoms with Gasteiger partial charge in [-0.3, -0.25) is 0 Å². The van der Waals surface area contributed by atoms with Crippen molar-refractivity contribution in [2.75, 3.05) is 17.0 Å². The molecule has 1 aromatic rings. The van der Waals surface area contributed by atoms with Crippen LogP contribution in [0.1, 0.15) is 27.7 Å². The molecule has 0 saturated carbocycles. The predicted molar refractivity (Wildman–Crippen MR) is 75.6 cm³/mol. The summed E-state index contributed by atoms with van der Waals surface area (Å²) in [5.41, 5.74) is 1.07. The number of aliphatic hydroxyl groups is 1. The number of hydrogen-bond acceptors (Lipinski definition) is 7. The lowest BCUT2D eigenvalue weighted by Crippen LogP contribution is -2.51. The van der Waals surface area contributed by atoms with Crippen molar-refractivity contribution in [1.29, 1.82) is 0 Å². The van der Waals surface area contributed by atoms with Gasteiger partial charge in [-0.2, -0.15) is 0 Å². The highest BCUT2D eigenvalue weighted by Crippen LogP contribution is 2.26. The summed E-state index contributed by atoms with van der Waals surface area (Å²) in [5.74, 6) is 6.52. The van der Waals surface area contributed by atoms with E-state index < -0.39 is 11.1 Å². The van der Waals surface area contributed by atoms with Crippen LogP contribution in [-0.2, 0) is 0 Å². The minimum Gasteiger partial charge on any atom is -0.388 e. The summed E-state index contributed by atoms with van der Waals surface area (Å²) >= 11 is 1.43. The van der Waals surface area contributed by atoms with Crippen molar-refractivity contribution < 1.29 is 5.11 Å². The van der Waals surface area contributed by atoms with Crippen LogP contribution < -0.4 is 16.6 Å². The van der Waals surface area contributed by atoms with Crippen molar-refractivity contribution in [3.05, 3.63) is 6.07 Å². The van der Waals surface area contributed by atoms with E-state index in [1.807, 2.05) is 20.1 Å². The second kappa shape index (κ2) is 5.29. The Hall–Kier alpha value is -1.05. The van der Waals surface area contributed by atoms with E-state index in [1.54, 1.807) is 19.9 Å². The van der Waals surface area contributed by atoms with Gasteiger partial charge in [-0.1, -0.05) is 11.8 Å². The van der Waals surface area contributed by atoms with Crippen LogP contribution in [0.2, 0.25) is 0 Å². The first-order chi connectivity index (χ1) is 8.19. The molecule has 6 nitrogen and oxygen atoms in total. The molecule has 0 aliphatic carbocycles. The Kier molecular flexibility index (Phi) is 4.41. The van der Waals surface area contributed by atoms with E-state index in [1.165, 1.54) is 11.8 Å². The summed E-state index contributed by atoms with van der Waals surface area (Å²) in [4.78, 5) is 8.51. The summed E-state index contributed by atoms with van der Waals surface area (Å²) in [7, 11) is 0. The maximum Gasteiger partial charge on any atom is 0.191 e. The maximum atomic E-state index is 10.1. The minimum atomic E-state index is -0.895. The second-order valence-electron chi connectivity index (χ2n) is 5.08. The molecule has 102 valence electrons. The molecule has 0 spiro atoms. The highest BCUT2D eigenvalue weighted by Gasteiger charge is 2.35. The van der Waals surface area contributed by atoms with Gasteiger partial charge in [0.1, 0.15) is 11.6 Å². The molecule has 0 atom stereocenters. The molecule has 0 unspecified atom stereocenters. The Morgan fingerprint density at radius 3 is 2.22 bits per heavy atom. The Morgan fingerprint density at radius 1 is 1.22 bits per heavy atom. The van der Waals surface area contributed by atoms with Crippen molar-refractivity contribution in [2.24, 2.45) is 5.84 Å². The fourth-order valence-corrected chi connectivity index (χ4v) is 1.51. The van der Waals surface area contributed by atoms with Crippen LogP contribution in [-0.4, -0.2) is 32.5 Å². The van der Waals surface area contributed by atoms with Gasteiger partial charge in [0.15, 0.2) is 5.16 Å². The first kappa shape index (κ1) is 15.0. The number of rotatable bonds is 5. The lowest BCUT2D eigenvalue weighted by atomic mass is 9.86. The van der Waals surface area contributed by atoms with Gasteiger partial charge in [0, 0.05) is 6.07 Å². The number of nitrogens with two attached hydrogens (primary N) is 1. The first-order valence-electron chi connectivity index (χ1n) is 5.60. The number of aromatic nitrogens is 2. The van der Waals surface area contributed by atoms with Gasteiger partial charge < -0.3 is 15.8 Å². The third-order valence-corrected chi connectivity index (χ3v) is 3.55. The van der Waals surface area contributed by atoms with E-state index in [4.69, 9.17) is 5.84 Å². The molecule has 0 saturated heterocycles. The molecule has 0 aliphatic heterocycles. The molecule has 0 fully saturated rings. The fraction of sp³-hybridized carbons (Fsp3) is 0.636. The van der Waals surface area contributed by atoms with Gasteiger partial charge in [0.05, 0.1) is 11.1 Å². The van der Waals surface area contributed by atoms with Crippen molar-refractivity contribution in [1.82, 2.24) is 9.97 Å². The number of thioether (sulfide) groups is 1. The number of nitrogens with one attached hydrogen (secondary N) is 2. The number of anilines is 2. The van der Waals surface area contributed by atoms with Gasteiger partial charge >= 0.3 is 0 Å². The molecule has 7 heteroatoms. The van der Waals surface area contributed by atoms with E-state index >= 15 is 0 Å². The third-order valence-electron chi connectivity index (χ3n) is 3.01. The topological polar surface area (TPSA) is 96.1 Å². The Morgan fingerprint density at radius 2 is 1.78 bits per heavy atom. The number of nitrogens with zero attached hydrogens (tertiary/aromatic N) is 2. The van der Waals surface area contributed by atoms with Crippen LogP contribution in [0, 0.1) is 0 Å². The summed E-state index contributed by atoms with van der Waals surface area (Å²) < 4.78 is 0. The van der Waals surface area contributed by atoms with Crippen LogP contribution in [0.4, 0.5) is 11.6 Å². The van der Waals surface area contributed by atoms with Crippen LogP contribution in [0.5, 0.6) is 0 Å². The van der Waals surface area contributed by atoms with Crippen LogP contribution in [0.25, 0.3) is 0 Å². The molecular formula is C11H21N5OS. The molecule has 0 aromatic carbocycles. The van der Waals surface area contributed by atoms with Crippen LogP contribution in [0.15, 0.2) is 11.2 Å². The monoisotopic (exact) mass is 271 g/mol. The van der Waals surface area contributed by atoms with Gasteiger partial charge in [-0.15, -0.1) is 0 Å². The largest absolute Gasteiger partial charge is 0.388 e. The zero-order valence-corrected chi connectivity index (χ0v) is 12.2. The summed E-state index contributed by atoms with van der Waals surface area (Å²) in [5, 5.41) is 13.9. The summed E-state index contributed by atoms with van der Waals surface area (Å²) in [6, 6.07) is 1.70. The zero-order valence-electron chi connectivity index (χ0n) is 11.4. The smallest absolute Gasteiger partial charge is 0.191 e. The highest BCUT2D eigenvalue weighted by atomic mass is 32.2. The third kappa shape index (κ3) is 3.47. The minimum absolute atomic E-state index is 0.531. The van der Waals surface area contributed by atoms with Crippen molar-refractivity contribution >= 4 is 23.4 Å². The van der Waals surface area contributed by atoms with E-state index in [2.05, 4.69) is 20.7 Å². The van der Waals surface area contributed by atoms with Gasteiger partial charge in [-0.25, -0.2) is 15.8 Å². The fourth-order valence-electron chi connectivity index (χ4n) is 1.13. The summed E-state index contributed by atoms with van der Waals surface area (Å²) in [6.07, 6.45) is 1.89. The standard InChI is InChI=1S/C11H21N5OS/c1-10(2,11(3,4)17)15-7-6-8(16-12)14-9(13-7)18-5/h6,17H,12H2,1-5H3,(H2,13,14,15,16). The lowest BCUT2D eigenvalue weighted by molar-refractivity contribution is 0.0238. The molecule has 5 N–H and O–H groups in total. The Balaban J connectivity index is 3.04. The molecular weight excluding hydrogens is 250 g/mol. The molecule has 0 bridgehead atoms. The number of hydrazine groups is 1. The predicted octanol–water partition coefficient (Wildman–Crippen LogP) is 1.45. The normalized spacial score (nSPS) is 12.4. The van der Waals surface area contributed by atoms with E-state index in [0.717, 1.165) is 0 Å². The molecule has 1 heterocycles. The number of nitrogen functional groups attached to an aromatic ring is 1. The number of hydrogen-bond donors (Lipinski definition) is 4. The molecule has 0 radical (unpaired) electrons. The van der Waals surface area contributed by atoms with Gasteiger partial charge in [-0.05, 0) is 34.0 Å². The quantitative estimate of drug-likeness (QED) is 0.278. The molecule has 0 amide bonds.